The zero-order valence-corrected chi connectivity index (χ0v) is 6.00. The van der Waals surface area contributed by atoms with Gasteiger partial charge in [-0.25, -0.2) is 5.11 Å². The van der Waals surface area contributed by atoms with E-state index >= 15 is 0 Å². The second kappa shape index (κ2) is 3.01. The van der Waals surface area contributed by atoms with E-state index in [0.29, 0.717) is 6.61 Å². The monoisotopic (exact) mass is 143 g/mol. The topological polar surface area (TPSA) is 46.2 Å². The zero-order chi connectivity index (χ0) is 7.56. The fourth-order valence-electron chi connectivity index (χ4n) is 0.970. The Hall–Kier alpha value is -0.570. The van der Waals surface area contributed by atoms with Crippen LogP contribution in [0.15, 0.2) is 0 Å². The van der Waals surface area contributed by atoms with Gasteiger partial charge in [0, 0.05) is 0 Å². The summed E-state index contributed by atoms with van der Waals surface area (Å²) in [6.07, 6.45) is 0.738. The normalized spacial score (nSPS) is 29.8. The van der Waals surface area contributed by atoms with E-state index in [1.165, 1.54) is 0 Å². The molecule has 0 bridgehead atoms. The van der Waals surface area contributed by atoms with Crippen molar-refractivity contribution in [2.75, 3.05) is 13.2 Å². The summed E-state index contributed by atoms with van der Waals surface area (Å²) in [6.45, 7) is 2.05. The van der Waals surface area contributed by atoms with E-state index in [1.807, 2.05) is 0 Å². The molecule has 2 atom stereocenters. The fourth-order valence-corrected chi connectivity index (χ4v) is 0.970. The van der Waals surface area contributed by atoms with E-state index in [2.05, 4.69) is 0 Å². The van der Waals surface area contributed by atoms with Crippen LogP contribution in [0.1, 0.15) is 13.3 Å². The maximum Gasteiger partial charge on any atom is 0.309 e. The van der Waals surface area contributed by atoms with Crippen molar-refractivity contribution in [3.05, 3.63) is 0 Å². The largest absolute Gasteiger partial charge is 0.466 e. The van der Waals surface area contributed by atoms with Crippen LogP contribution in [0.2, 0.25) is 0 Å². The molecule has 0 aromatic heterocycles. The maximum atomic E-state index is 10.8. The molecule has 3 heteroatoms. The fraction of sp³-hybridized carbons (Fsp3) is 0.857. The SMILES string of the molecule is CCOC(=O)C1CC1C[O]. The average molecular weight is 143 g/mol. The molecule has 57 valence electrons. The second-order valence-electron chi connectivity index (χ2n) is 2.52. The van der Waals surface area contributed by atoms with Crippen molar-refractivity contribution in [3.8, 4) is 0 Å². The Morgan fingerprint density at radius 2 is 2.40 bits per heavy atom. The predicted octanol–water partition coefficient (Wildman–Crippen LogP) is 0.616. The molecule has 2 unspecified atom stereocenters. The van der Waals surface area contributed by atoms with E-state index in [-0.39, 0.29) is 24.4 Å². The van der Waals surface area contributed by atoms with Crippen molar-refractivity contribution in [1.29, 1.82) is 0 Å². The van der Waals surface area contributed by atoms with Crippen LogP contribution < -0.4 is 0 Å². The second-order valence-corrected chi connectivity index (χ2v) is 2.52. The molecule has 0 aromatic carbocycles. The molecule has 1 rings (SSSR count). The first-order valence-corrected chi connectivity index (χ1v) is 3.54. The summed E-state index contributed by atoms with van der Waals surface area (Å²) < 4.78 is 4.72. The van der Waals surface area contributed by atoms with Crippen molar-refractivity contribution < 1.29 is 14.6 Å². The first-order valence-electron chi connectivity index (χ1n) is 3.54. The van der Waals surface area contributed by atoms with E-state index in [1.54, 1.807) is 6.92 Å². The molecule has 3 nitrogen and oxygen atoms in total. The number of rotatable bonds is 3. The molecular weight excluding hydrogens is 132 g/mol. The van der Waals surface area contributed by atoms with Crippen LogP contribution >= 0.6 is 0 Å². The molecule has 10 heavy (non-hydrogen) atoms. The number of hydrogen-bond donors (Lipinski definition) is 0. The van der Waals surface area contributed by atoms with Gasteiger partial charge in [0.05, 0.1) is 19.1 Å². The van der Waals surface area contributed by atoms with Gasteiger partial charge in [0.2, 0.25) is 0 Å². The van der Waals surface area contributed by atoms with Crippen molar-refractivity contribution in [1.82, 2.24) is 0 Å². The lowest BCUT2D eigenvalue weighted by atomic mass is 10.3. The highest BCUT2D eigenvalue weighted by Gasteiger charge is 2.43. The Morgan fingerprint density at radius 1 is 1.70 bits per heavy atom. The van der Waals surface area contributed by atoms with Crippen molar-refractivity contribution in [2.24, 2.45) is 11.8 Å². The van der Waals surface area contributed by atoms with Gasteiger partial charge in [-0.2, -0.15) is 0 Å². The standard InChI is InChI=1S/C7H11O3/c1-2-10-7(9)6-3-5(6)4-8/h5-6H,2-4H2,1H3. The predicted molar refractivity (Wildman–Crippen MR) is 33.8 cm³/mol. The summed E-state index contributed by atoms with van der Waals surface area (Å²) >= 11 is 0. The zero-order valence-electron chi connectivity index (χ0n) is 6.00. The molecule has 1 aliphatic carbocycles. The lowest BCUT2D eigenvalue weighted by molar-refractivity contribution is -0.145. The molecular formula is C7H11O3. The Bertz CT molecular complexity index is 133. The third kappa shape index (κ3) is 1.48. The van der Waals surface area contributed by atoms with Crippen LogP contribution in [0.25, 0.3) is 0 Å². The van der Waals surface area contributed by atoms with E-state index < -0.39 is 0 Å². The molecule has 1 radical (unpaired) electrons. The minimum absolute atomic E-state index is 0.0686. The number of carbonyl (C=O) groups excluding carboxylic acids is 1. The van der Waals surface area contributed by atoms with Gasteiger partial charge in [-0.15, -0.1) is 0 Å². The maximum absolute atomic E-state index is 10.8. The number of carbonyl (C=O) groups is 1. The summed E-state index contributed by atoms with van der Waals surface area (Å²) in [4.78, 5) is 10.8. The van der Waals surface area contributed by atoms with Crippen molar-refractivity contribution >= 4 is 5.97 Å². The summed E-state index contributed by atoms with van der Waals surface area (Å²) in [6, 6.07) is 0. The smallest absolute Gasteiger partial charge is 0.309 e. The van der Waals surface area contributed by atoms with Gasteiger partial charge >= 0.3 is 5.97 Å². The van der Waals surface area contributed by atoms with Gasteiger partial charge < -0.3 is 4.74 Å². The molecule has 0 N–H and O–H groups in total. The molecule has 0 heterocycles. The minimum atomic E-state index is -0.191. The van der Waals surface area contributed by atoms with Crippen LogP contribution in [0.5, 0.6) is 0 Å². The molecule has 0 aliphatic heterocycles. The van der Waals surface area contributed by atoms with Crippen LogP contribution in [0, 0.1) is 11.8 Å². The summed E-state index contributed by atoms with van der Waals surface area (Å²) in [5, 5.41) is 10.2. The first-order chi connectivity index (χ1) is 4.79. The molecule has 1 fully saturated rings. The summed E-state index contributed by atoms with van der Waals surface area (Å²) in [5.41, 5.74) is 0. The van der Waals surface area contributed by atoms with E-state index in [4.69, 9.17) is 4.74 Å². The minimum Gasteiger partial charge on any atom is -0.466 e. The Balaban J connectivity index is 2.19. The number of ether oxygens (including phenoxy) is 1. The summed E-state index contributed by atoms with van der Waals surface area (Å²) in [5.74, 6) is -0.195. The molecule has 1 saturated carbocycles. The lowest BCUT2D eigenvalue weighted by Crippen LogP contribution is -2.08. The number of hydrogen-bond acceptors (Lipinski definition) is 2. The van der Waals surface area contributed by atoms with Crippen molar-refractivity contribution in [2.45, 2.75) is 13.3 Å². The third-order valence-corrected chi connectivity index (χ3v) is 1.73. The average Bonchev–Trinajstić information content (AvgIpc) is 2.66. The molecule has 0 spiro atoms. The van der Waals surface area contributed by atoms with Gasteiger partial charge in [0.25, 0.3) is 0 Å². The van der Waals surface area contributed by atoms with Crippen molar-refractivity contribution in [3.63, 3.8) is 0 Å². The van der Waals surface area contributed by atoms with E-state index in [9.17, 15) is 9.90 Å². The molecule has 1 aliphatic rings. The van der Waals surface area contributed by atoms with Gasteiger partial charge in [-0.1, -0.05) is 0 Å². The van der Waals surface area contributed by atoms with Crippen LogP contribution in [0.4, 0.5) is 0 Å². The number of esters is 1. The van der Waals surface area contributed by atoms with Crippen LogP contribution in [-0.2, 0) is 14.6 Å². The van der Waals surface area contributed by atoms with Gasteiger partial charge in [0.1, 0.15) is 0 Å². The molecule has 0 aromatic rings. The van der Waals surface area contributed by atoms with Crippen LogP contribution in [-0.4, -0.2) is 19.2 Å². The highest BCUT2D eigenvalue weighted by atomic mass is 16.5. The van der Waals surface area contributed by atoms with Crippen LogP contribution in [0.3, 0.4) is 0 Å². The quantitative estimate of drug-likeness (QED) is 0.543. The highest BCUT2D eigenvalue weighted by molar-refractivity contribution is 5.75. The Labute approximate surface area is 60.0 Å². The van der Waals surface area contributed by atoms with Gasteiger partial charge in [-0.05, 0) is 19.3 Å². The molecule has 0 amide bonds. The Morgan fingerprint density at radius 3 is 2.80 bits per heavy atom. The molecule has 0 saturated heterocycles. The first kappa shape index (κ1) is 7.54. The lowest BCUT2D eigenvalue weighted by Gasteiger charge is -1.97. The summed E-state index contributed by atoms with van der Waals surface area (Å²) in [7, 11) is 0. The van der Waals surface area contributed by atoms with Gasteiger partial charge in [0.15, 0.2) is 0 Å². The third-order valence-electron chi connectivity index (χ3n) is 1.73. The van der Waals surface area contributed by atoms with E-state index in [0.717, 1.165) is 6.42 Å². The highest BCUT2D eigenvalue weighted by Crippen LogP contribution is 2.38. The van der Waals surface area contributed by atoms with Gasteiger partial charge in [-0.3, -0.25) is 4.79 Å². The Kier molecular flexibility index (Phi) is 2.27.